The van der Waals surface area contributed by atoms with Gasteiger partial charge in [0.1, 0.15) is 0 Å². The van der Waals surface area contributed by atoms with Crippen LogP contribution in [0.25, 0.3) is 10.8 Å². The van der Waals surface area contributed by atoms with Crippen LogP contribution in [0.5, 0.6) is 0 Å². The fraction of sp³-hybridized carbons (Fsp3) is 0.217. The number of carbonyl (C=O) groups excluding carboxylic acids is 2. The van der Waals surface area contributed by atoms with Crippen molar-refractivity contribution in [3.8, 4) is 0 Å². The number of hydrogen-bond acceptors (Lipinski definition) is 2. The van der Waals surface area contributed by atoms with Crippen molar-refractivity contribution in [2.24, 2.45) is 0 Å². The van der Waals surface area contributed by atoms with Crippen molar-refractivity contribution in [1.82, 2.24) is 10.6 Å². The van der Waals surface area contributed by atoms with Crippen LogP contribution in [0.1, 0.15) is 43.5 Å². The number of amides is 2. The zero-order valence-electron chi connectivity index (χ0n) is 15.9. The zero-order chi connectivity index (χ0) is 20.1. The van der Waals surface area contributed by atoms with Gasteiger partial charge in [0.25, 0.3) is 0 Å². The van der Waals surface area contributed by atoms with E-state index in [-0.39, 0.29) is 24.3 Å². The Morgan fingerprint density at radius 1 is 0.893 bits per heavy atom. The maximum atomic E-state index is 12.6. The van der Waals surface area contributed by atoms with E-state index in [1.807, 2.05) is 37.3 Å². The summed E-state index contributed by atoms with van der Waals surface area (Å²) < 4.78 is 0. The normalized spacial score (nSPS) is 13.0. The number of benzene rings is 3. The van der Waals surface area contributed by atoms with Crippen LogP contribution >= 0.6 is 11.6 Å². The van der Waals surface area contributed by atoms with E-state index in [9.17, 15) is 9.59 Å². The molecule has 3 aromatic rings. The molecule has 2 atom stereocenters. The third-order valence-electron chi connectivity index (χ3n) is 4.69. The Hall–Kier alpha value is -2.85. The fourth-order valence-corrected chi connectivity index (χ4v) is 3.36. The number of fused-ring (bicyclic) bond motifs is 1. The molecule has 2 amide bonds. The molecule has 3 rings (SSSR count). The minimum atomic E-state index is -0.404. The van der Waals surface area contributed by atoms with Gasteiger partial charge in [-0.1, -0.05) is 60.1 Å². The summed E-state index contributed by atoms with van der Waals surface area (Å²) in [6.45, 7) is 3.40. The predicted molar refractivity (Wildman–Crippen MR) is 113 cm³/mol. The quantitative estimate of drug-likeness (QED) is 0.622. The minimum absolute atomic E-state index is 0.130. The van der Waals surface area contributed by atoms with Crippen molar-refractivity contribution >= 4 is 34.2 Å². The standard InChI is InChI=1S/C23H23ClN2O2/c1-15(19-8-7-17-5-3-4-6-20(17)13-19)25-23(28)14-22(26-16(2)27)18-9-11-21(24)12-10-18/h3-13,15,22H,14H2,1-2H3,(H,25,28)(H,26,27). The minimum Gasteiger partial charge on any atom is -0.350 e. The molecular formula is C23H23ClN2O2. The maximum Gasteiger partial charge on any atom is 0.222 e. The van der Waals surface area contributed by atoms with Gasteiger partial charge < -0.3 is 10.6 Å². The van der Waals surface area contributed by atoms with Crippen LogP contribution in [0.3, 0.4) is 0 Å². The molecule has 0 aromatic heterocycles. The lowest BCUT2D eigenvalue weighted by atomic mass is 10.0. The molecule has 3 aromatic carbocycles. The predicted octanol–water partition coefficient (Wildman–Crippen LogP) is 4.94. The Bertz CT molecular complexity index is 985. The molecule has 0 saturated carbocycles. The van der Waals surface area contributed by atoms with Crippen LogP contribution in [-0.4, -0.2) is 11.8 Å². The highest BCUT2D eigenvalue weighted by atomic mass is 35.5. The molecule has 4 nitrogen and oxygen atoms in total. The number of nitrogens with one attached hydrogen (secondary N) is 2. The Morgan fingerprint density at radius 3 is 2.21 bits per heavy atom. The smallest absolute Gasteiger partial charge is 0.222 e. The van der Waals surface area contributed by atoms with Gasteiger partial charge in [-0.25, -0.2) is 0 Å². The Morgan fingerprint density at radius 2 is 1.54 bits per heavy atom. The topological polar surface area (TPSA) is 58.2 Å². The second-order valence-electron chi connectivity index (χ2n) is 6.90. The number of carbonyl (C=O) groups is 2. The molecule has 144 valence electrons. The monoisotopic (exact) mass is 394 g/mol. The van der Waals surface area contributed by atoms with Gasteiger partial charge in [0.15, 0.2) is 0 Å². The molecule has 0 saturated heterocycles. The largest absolute Gasteiger partial charge is 0.350 e. The number of halogens is 1. The van der Waals surface area contributed by atoms with Gasteiger partial charge >= 0.3 is 0 Å². The SMILES string of the molecule is CC(=O)NC(CC(=O)NC(C)c1ccc2ccccc2c1)c1ccc(Cl)cc1. The van der Waals surface area contributed by atoms with E-state index < -0.39 is 6.04 Å². The van der Waals surface area contributed by atoms with E-state index in [4.69, 9.17) is 11.6 Å². The number of hydrogen-bond donors (Lipinski definition) is 2. The van der Waals surface area contributed by atoms with E-state index in [0.29, 0.717) is 5.02 Å². The van der Waals surface area contributed by atoms with Crippen LogP contribution in [0, 0.1) is 0 Å². The first-order valence-corrected chi connectivity index (χ1v) is 9.61. The van der Waals surface area contributed by atoms with Crippen molar-refractivity contribution in [2.75, 3.05) is 0 Å². The highest BCUT2D eigenvalue weighted by molar-refractivity contribution is 6.30. The molecule has 0 heterocycles. The third-order valence-corrected chi connectivity index (χ3v) is 4.94. The van der Waals surface area contributed by atoms with Gasteiger partial charge in [-0.2, -0.15) is 0 Å². The zero-order valence-corrected chi connectivity index (χ0v) is 16.7. The lowest BCUT2D eigenvalue weighted by molar-refractivity contribution is -0.123. The van der Waals surface area contributed by atoms with Crippen molar-refractivity contribution < 1.29 is 9.59 Å². The van der Waals surface area contributed by atoms with Gasteiger partial charge in [0.05, 0.1) is 18.5 Å². The first kappa shape index (κ1) is 19.9. The second-order valence-corrected chi connectivity index (χ2v) is 7.34. The first-order valence-electron chi connectivity index (χ1n) is 9.23. The van der Waals surface area contributed by atoms with Crippen LogP contribution in [0.15, 0.2) is 66.7 Å². The third kappa shape index (κ3) is 5.11. The Balaban J connectivity index is 1.70. The molecule has 0 aliphatic rings. The molecule has 0 radical (unpaired) electrons. The van der Waals surface area contributed by atoms with E-state index in [1.54, 1.807) is 12.1 Å². The Kier molecular flexibility index (Phi) is 6.32. The number of rotatable bonds is 6. The van der Waals surface area contributed by atoms with Crippen LogP contribution in [0.4, 0.5) is 0 Å². The van der Waals surface area contributed by atoms with Crippen molar-refractivity contribution in [3.63, 3.8) is 0 Å². The molecular weight excluding hydrogens is 372 g/mol. The highest BCUT2D eigenvalue weighted by Crippen LogP contribution is 2.22. The molecule has 0 aliphatic carbocycles. The van der Waals surface area contributed by atoms with E-state index in [2.05, 4.69) is 34.9 Å². The van der Waals surface area contributed by atoms with E-state index in [1.165, 1.54) is 12.3 Å². The van der Waals surface area contributed by atoms with Crippen LogP contribution < -0.4 is 10.6 Å². The molecule has 28 heavy (non-hydrogen) atoms. The maximum absolute atomic E-state index is 12.6. The summed E-state index contributed by atoms with van der Waals surface area (Å²) in [4.78, 5) is 24.2. The van der Waals surface area contributed by atoms with Gasteiger partial charge in [0.2, 0.25) is 11.8 Å². The lowest BCUT2D eigenvalue weighted by Gasteiger charge is -2.20. The summed E-state index contributed by atoms with van der Waals surface area (Å²) in [5, 5.41) is 8.78. The van der Waals surface area contributed by atoms with Gasteiger partial charge in [-0.05, 0) is 47.0 Å². The molecule has 5 heteroatoms. The van der Waals surface area contributed by atoms with Gasteiger partial charge in [-0.15, -0.1) is 0 Å². The van der Waals surface area contributed by atoms with Crippen LogP contribution in [0.2, 0.25) is 5.02 Å². The van der Waals surface area contributed by atoms with Crippen molar-refractivity contribution in [2.45, 2.75) is 32.4 Å². The van der Waals surface area contributed by atoms with Crippen molar-refractivity contribution in [1.29, 1.82) is 0 Å². The van der Waals surface area contributed by atoms with Crippen molar-refractivity contribution in [3.05, 3.63) is 82.9 Å². The first-order chi connectivity index (χ1) is 13.4. The Labute approximate surface area is 169 Å². The molecule has 2 unspecified atom stereocenters. The molecule has 0 bridgehead atoms. The average molecular weight is 395 g/mol. The van der Waals surface area contributed by atoms with E-state index >= 15 is 0 Å². The summed E-state index contributed by atoms with van der Waals surface area (Å²) in [6, 6.07) is 20.9. The molecule has 2 N–H and O–H groups in total. The highest BCUT2D eigenvalue weighted by Gasteiger charge is 2.19. The lowest BCUT2D eigenvalue weighted by Crippen LogP contribution is -2.33. The van der Waals surface area contributed by atoms with Crippen LogP contribution in [-0.2, 0) is 9.59 Å². The van der Waals surface area contributed by atoms with Gasteiger partial charge in [0, 0.05) is 11.9 Å². The second kappa shape index (κ2) is 8.89. The molecule has 0 fully saturated rings. The molecule has 0 spiro atoms. The summed E-state index contributed by atoms with van der Waals surface area (Å²) in [6.07, 6.45) is 0.152. The summed E-state index contributed by atoms with van der Waals surface area (Å²) in [5.41, 5.74) is 1.88. The summed E-state index contributed by atoms with van der Waals surface area (Å²) in [5.74, 6) is -0.315. The summed E-state index contributed by atoms with van der Waals surface area (Å²) in [7, 11) is 0. The molecule has 0 aliphatic heterocycles. The summed E-state index contributed by atoms with van der Waals surface area (Å²) >= 11 is 5.94. The average Bonchev–Trinajstić information content (AvgIpc) is 2.67. The fourth-order valence-electron chi connectivity index (χ4n) is 3.24. The van der Waals surface area contributed by atoms with E-state index in [0.717, 1.165) is 16.5 Å². The van der Waals surface area contributed by atoms with Gasteiger partial charge in [-0.3, -0.25) is 9.59 Å².